The molecule has 0 saturated heterocycles. The fourth-order valence-corrected chi connectivity index (χ4v) is 6.28. The lowest BCUT2D eigenvalue weighted by atomic mass is 9.58. The van der Waals surface area contributed by atoms with Gasteiger partial charge in [0, 0.05) is 28.1 Å². The molecule has 1 aromatic heterocycles. The summed E-state index contributed by atoms with van der Waals surface area (Å²) in [5.74, 6) is 0.304. The zero-order valence-corrected chi connectivity index (χ0v) is 22.0. The Morgan fingerprint density at radius 1 is 0.722 bits per heavy atom. The van der Waals surface area contributed by atoms with Crippen LogP contribution in [0.2, 0.25) is 6.04 Å². The summed E-state index contributed by atoms with van der Waals surface area (Å²) in [5.41, 5.74) is 7.77. The van der Waals surface area contributed by atoms with Crippen molar-refractivity contribution in [1.82, 2.24) is 9.55 Å². The maximum absolute atomic E-state index is 4.79. The van der Waals surface area contributed by atoms with Gasteiger partial charge < -0.3 is 4.57 Å². The number of nitrogens with zero attached hydrogens (tertiary/aromatic N) is 2. The van der Waals surface area contributed by atoms with Crippen LogP contribution in [0.1, 0.15) is 28.1 Å². The van der Waals surface area contributed by atoms with Crippen molar-refractivity contribution >= 4 is 28.1 Å². The van der Waals surface area contributed by atoms with Crippen LogP contribution in [0.5, 0.6) is 0 Å². The molecule has 0 N–H and O–H groups in total. The van der Waals surface area contributed by atoms with Crippen LogP contribution in [0.25, 0.3) is 5.57 Å². The van der Waals surface area contributed by atoms with E-state index in [0.29, 0.717) is 5.82 Å². The highest BCUT2D eigenvalue weighted by Crippen LogP contribution is 2.24. The zero-order valence-electron chi connectivity index (χ0n) is 20.6. The van der Waals surface area contributed by atoms with Crippen molar-refractivity contribution in [3.05, 3.63) is 162 Å². The summed E-state index contributed by atoms with van der Waals surface area (Å²) < 4.78 is 2.39. The number of allylic oxidation sites excluding steroid dienone is 1. The molecule has 0 spiro atoms. The van der Waals surface area contributed by atoms with Gasteiger partial charge in [0.1, 0.15) is 0 Å². The predicted octanol–water partition coefficient (Wildman–Crippen LogP) is 5.41. The van der Waals surface area contributed by atoms with E-state index >= 15 is 0 Å². The van der Waals surface area contributed by atoms with E-state index < -0.39 is 0 Å². The van der Waals surface area contributed by atoms with Crippen molar-refractivity contribution in [2.24, 2.45) is 0 Å². The summed E-state index contributed by atoms with van der Waals surface area (Å²) in [7, 11) is 0.563. The van der Waals surface area contributed by atoms with Crippen molar-refractivity contribution < 1.29 is 0 Å². The van der Waals surface area contributed by atoms with Crippen molar-refractivity contribution in [1.29, 1.82) is 0 Å². The van der Waals surface area contributed by atoms with E-state index in [2.05, 4.69) is 138 Å². The van der Waals surface area contributed by atoms with Gasteiger partial charge in [0.2, 0.25) is 7.28 Å². The number of benzene rings is 4. The van der Waals surface area contributed by atoms with E-state index in [1.807, 2.05) is 6.20 Å². The fourth-order valence-electron chi connectivity index (χ4n) is 4.86. The molecule has 0 aliphatic heterocycles. The van der Waals surface area contributed by atoms with E-state index in [4.69, 9.17) is 4.98 Å². The zero-order chi connectivity index (χ0) is 24.4. The minimum absolute atomic E-state index is 0.304. The van der Waals surface area contributed by atoms with Crippen LogP contribution in [0, 0.1) is 0 Å². The number of rotatable bonds is 10. The van der Waals surface area contributed by atoms with Gasteiger partial charge in [-0.25, -0.2) is 0 Å². The largest absolute Gasteiger partial charge is 0.347 e. The van der Waals surface area contributed by atoms with Crippen molar-refractivity contribution in [2.75, 3.05) is 0 Å². The van der Waals surface area contributed by atoms with Crippen LogP contribution in [-0.4, -0.2) is 26.4 Å². The molecule has 0 unspecified atom stereocenters. The minimum Gasteiger partial charge on any atom is -0.347 e. The molecule has 176 valence electrons. The summed E-state index contributed by atoms with van der Waals surface area (Å²) in [6, 6.07) is 44.3. The lowest BCUT2D eigenvalue weighted by Gasteiger charge is -2.18. The van der Waals surface area contributed by atoms with Gasteiger partial charge >= 0.3 is 0 Å². The Labute approximate surface area is 217 Å². The molecule has 0 aliphatic rings. The predicted molar refractivity (Wildman–Crippen MR) is 157 cm³/mol. The minimum atomic E-state index is -0.345. The average molecular weight is 483 g/mol. The number of hydrogen-bond donors (Lipinski definition) is 0. The van der Waals surface area contributed by atoms with E-state index in [-0.39, 0.29) is 9.52 Å². The Hall–Kier alpha value is -3.89. The second kappa shape index (κ2) is 12.2. The van der Waals surface area contributed by atoms with Gasteiger partial charge in [0.15, 0.2) is 0 Å². The summed E-state index contributed by atoms with van der Waals surface area (Å²) in [5, 5.41) is 0. The maximum atomic E-state index is 4.79. The van der Waals surface area contributed by atoms with Crippen LogP contribution in [0.4, 0.5) is 0 Å². The first kappa shape index (κ1) is 23.8. The van der Waals surface area contributed by atoms with Crippen LogP contribution >= 0.6 is 0 Å². The Kier molecular flexibility index (Phi) is 8.07. The van der Waals surface area contributed by atoms with Crippen LogP contribution < -0.4 is 5.72 Å². The molecule has 0 aliphatic carbocycles. The molecule has 2 nitrogen and oxygen atoms in total. The Bertz CT molecular complexity index is 1290. The van der Waals surface area contributed by atoms with Gasteiger partial charge in [-0.05, 0) is 39.7 Å². The Morgan fingerprint density at radius 3 is 1.75 bits per heavy atom. The number of aromatic nitrogens is 2. The molecule has 5 rings (SSSR count). The molecule has 0 bridgehead atoms. The monoisotopic (exact) mass is 482 g/mol. The molecule has 0 fully saturated rings. The quantitative estimate of drug-likeness (QED) is 0.192. The first-order valence-electron chi connectivity index (χ1n) is 12.8. The van der Waals surface area contributed by atoms with Crippen molar-refractivity contribution in [3.8, 4) is 0 Å². The van der Waals surface area contributed by atoms with Gasteiger partial charge in [-0.3, -0.25) is 4.98 Å². The molecular formula is C32H31BN2Si. The fraction of sp³-hybridized carbons (Fsp3) is 0.0938. The van der Waals surface area contributed by atoms with Gasteiger partial charge in [-0.15, -0.1) is 0 Å². The van der Waals surface area contributed by atoms with Gasteiger partial charge in [-0.2, -0.15) is 0 Å². The Balaban J connectivity index is 1.30. The van der Waals surface area contributed by atoms with Crippen LogP contribution in [0.3, 0.4) is 0 Å². The van der Waals surface area contributed by atoms with Crippen molar-refractivity contribution in [2.45, 2.75) is 18.0 Å². The molecule has 4 heteroatoms. The molecule has 5 aromatic rings. The second-order valence-electron chi connectivity index (χ2n) is 9.11. The molecule has 0 saturated carbocycles. The standard InChI is InChI=1S/C32H31BN2Si/c1-5-13-26(14-6-1)30(27-15-7-2-8-16-27)21-24-36-25-35-23-22-34-32(35)33-31(28-17-9-3-10-18-28)29-19-11-4-12-20-29/h1-23,31,33H,24-25,36H2. The molecule has 0 atom stereocenters. The van der Waals surface area contributed by atoms with Crippen LogP contribution in [0.15, 0.2) is 140 Å². The summed E-state index contributed by atoms with van der Waals surface area (Å²) in [6.45, 7) is 0. The highest BCUT2D eigenvalue weighted by molar-refractivity contribution is 6.54. The summed E-state index contributed by atoms with van der Waals surface area (Å²) >= 11 is 0. The van der Waals surface area contributed by atoms with E-state index in [9.17, 15) is 0 Å². The van der Waals surface area contributed by atoms with Gasteiger partial charge in [-0.1, -0.05) is 127 Å². The van der Waals surface area contributed by atoms with Crippen molar-refractivity contribution in [3.63, 3.8) is 0 Å². The third-order valence-corrected chi connectivity index (χ3v) is 8.21. The van der Waals surface area contributed by atoms with Crippen LogP contribution in [-0.2, 0) is 6.17 Å². The first-order chi connectivity index (χ1) is 17.9. The number of hydrogen-bond acceptors (Lipinski definition) is 1. The highest BCUT2D eigenvalue weighted by atomic mass is 28.2. The Morgan fingerprint density at radius 2 is 1.22 bits per heavy atom. The topological polar surface area (TPSA) is 17.8 Å². The molecule has 0 radical (unpaired) electrons. The van der Waals surface area contributed by atoms with Gasteiger partial charge in [0.25, 0.3) is 0 Å². The molecule has 4 aromatic carbocycles. The summed E-state index contributed by atoms with van der Waals surface area (Å²) in [4.78, 5) is 4.79. The normalized spacial score (nSPS) is 11.1. The lowest BCUT2D eigenvalue weighted by molar-refractivity contribution is 0.898. The SMILES string of the molecule is B(c1nccn1C[SiH2]CC=C(c1ccccc1)c1ccccc1)C(c1ccccc1)c1ccccc1. The van der Waals surface area contributed by atoms with E-state index in [1.54, 1.807) is 0 Å². The average Bonchev–Trinajstić information content (AvgIpc) is 3.40. The van der Waals surface area contributed by atoms with E-state index in [0.717, 1.165) is 19.5 Å². The smallest absolute Gasteiger partial charge is 0.217 e. The molecule has 1 heterocycles. The first-order valence-corrected chi connectivity index (χ1v) is 14.8. The third kappa shape index (κ3) is 6.02. The molecule has 0 amide bonds. The van der Waals surface area contributed by atoms with Gasteiger partial charge in [0.05, 0.1) is 5.72 Å². The number of imidazole rings is 1. The van der Waals surface area contributed by atoms with E-state index in [1.165, 1.54) is 33.6 Å². The highest BCUT2D eigenvalue weighted by Gasteiger charge is 2.19. The summed E-state index contributed by atoms with van der Waals surface area (Å²) in [6.07, 6.45) is 7.67. The third-order valence-electron chi connectivity index (χ3n) is 6.71. The second-order valence-corrected chi connectivity index (χ2v) is 10.8. The lowest BCUT2D eigenvalue weighted by Crippen LogP contribution is -2.32. The molecule has 36 heavy (non-hydrogen) atoms. The molecular weight excluding hydrogens is 451 g/mol. The maximum Gasteiger partial charge on any atom is 0.217 e.